The lowest BCUT2D eigenvalue weighted by molar-refractivity contribution is -0.158. The van der Waals surface area contributed by atoms with Crippen LogP contribution in [-0.2, 0) is 11.4 Å². The van der Waals surface area contributed by atoms with Gasteiger partial charge in [-0.1, -0.05) is 48.9 Å². The summed E-state index contributed by atoms with van der Waals surface area (Å²) in [4.78, 5) is 24.9. The largest absolute Gasteiger partial charge is 0.489 e. The Kier molecular flexibility index (Phi) is 7.61. The molecule has 0 aliphatic rings. The molecule has 3 aromatic rings. The summed E-state index contributed by atoms with van der Waals surface area (Å²) in [5.74, 6) is -0.809. The van der Waals surface area contributed by atoms with Crippen LogP contribution in [0.1, 0.15) is 40.4 Å². The molecule has 0 spiro atoms. The van der Waals surface area contributed by atoms with Gasteiger partial charge in [0.2, 0.25) is 0 Å². The van der Waals surface area contributed by atoms with Crippen molar-refractivity contribution in [3.63, 3.8) is 0 Å². The lowest BCUT2D eigenvalue weighted by Gasteiger charge is -2.31. The van der Waals surface area contributed by atoms with Crippen LogP contribution in [-0.4, -0.2) is 22.7 Å². The standard InChI is InChI=1S/C26H26ClNO5/c1-4-26(25(30)31,28-24(29)20-8-6-5-7-9-20)33-23-15-14-22(17(2)18(23)3)32-16-19-10-12-21(27)13-11-19/h5-15H,4,16H2,1-3H3,(H,28,29)(H,30,31). The molecule has 0 bridgehead atoms. The van der Waals surface area contributed by atoms with E-state index in [1.54, 1.807) is 61.5 Å². The van der Waals surface area contributed by atoms with Gasteiger partial charge in [-0.15, -0.1) is 0 Å². The van der Waals surface area contributed by atoms with Gasteiger partial charge < -0.3 is 19.9 Å². The summed E-state index contributed by atoms with van der Waals surface area (Å²) >= 11 is 5.92. The minimum Gasteiger partial charge on any atom is -0.489 e. The van der Waals surface area contributed by atoms with Gasteiger partial charge in [0.25, 0.3) is 11.6 Å². The van der Waals surface area contributed by atoms with Crippen molar-refractivity contribution in [1.82, 2.24) is 5.32 Å². The Morgan fingerprint density at radius 3 is 2.15 bits per heavy atom. The van der Waals surface area contributed by atoms with Gasteiger partial charge in [0.1, 0.15) is 18.1 Å². The van der Waals surface area contributed by atoms with E-state index in [1.807, 2.05) is 26.0 Å². The molecule has 1 atom stereocenters. The van der Waals surface area contributed by atoms with E-state index in [0.29, 0.717) is 28.7 Å². The Bertz CT molecular complexity index is 1130. The number of nitrogens with one attached hydrogen (secondary N) is 1. The van der Waals surface area contributed by atoms with Crippen LogP contribution in [0.2, 0.25) is 5.02 Å². The summed E-state index contributed by atoms with van der Waals surface area (Å²) in [5.41, 5.74) is 0.925. The second-order valence-electron chi connectivity index (χ2n) is 7.63. The van der Waals surface area contributed by atoms with E-state index in [2.05, 4.69) is 5.32 Å². The van der Waals surface area contributed by atoms with E-state index < -0.39 is 17.6 Å². The molecule has 3 rings (SSSR count). The molecule has 0 aliphatic heterocycles. The molecule has 0 heterocycles. The molecule has 1 amide bonds. The second kappa shape index (κ2) is 10.4. The summed E-state index contributed by atoms with van der Waals surface area (Å²) in [7, 11) is 0. The van der Waals surface area contributed by atoms with Crippen LogP contribution in [0, 0.1) is 13.8 Å². The zero-order chi connectivity index (χ0) is 24.0. The number of rotatable bonds is 9. The molecular weight excluding hydrogens is 442 g/mol. The van der Waals surface area contributed by atoms with Gasteiger partial charge in [0.15, 0.2) is 0 Å². The first-order valence-electron chi connectivity index (χ1n) is 10.5. The fourth-order valence-electron chi connectivity index (χ4n) is 3.25. The average molecular weight is 468 g/mol. The molecule has 2 N–H and O–H groups in total. The summed E-state index contributed by atoms with van der Waals surface area (Å²) in [6, 6.07) is 19.2. The fourth-order valence-corrected chi connectivity index (χ4v) is 3.37. The van der Waals surface area contributed by atoms with Crippen LogP contribution in [0.5, 0.6) is 11.5 Å². The number of benzene rings is 3. The van der Waals surface area contributed by atoms with E-state index in [0.717, 1.165) is 16.7 Å². The van der Waals surface area contributed by atoms with E-state index in [9.17, 15) is 14.7 Å². The third-order valence-corrected chi connectivity index (χ3v) is 5.73. The number of carboxylic acid groups (broad SMARTS) is 1. The first-order chi connectivity index (χ1) is 15.8. The number of carbonyl (C=O) groups excluding carboxylic acids is 1. The number of halogens is 1. The molecule has 0 aromatic heterocycles. The van der Waals surface area contributed by atoms with Gasteiger partial charge in [-0.2, -0.15) is 0 Å². The maximum Gasteiger partial charge on any atom is 0.370 e. The highest BCUT2D eigenvalue weighted by molar-refractivity contribution is 6.30. The van der Waals surface area contributed by atoms with Crippen molar-refractivity contribution in [3.05, 3.63) is 94.0 Å². The van der Waals surface area contributed by atoms with Gasteiger partial charge in [0.05, 0.1) is 0 Å². The summed E-state index contributed by atoms with van der Waals surface area (Å²) in [5, 5.41) is 13.2. The van der Waals surface area contributed by atoms with Crippen molar-refractivity contribution in [1.29, 1.82) is 0 Å². The lowest BCUT2D eigenvalue weighted by Crippen LogP contribution is -2.58. The molecule has 0 fully saturated rings. The third kappa shape index (κ3) is 5.65. The monoisotopic (exact) mass is 467 g/mol. The van der Waals surface area contributed by atoms with Crippen LogP contribution in [0.15, 0.2) is 66.7 Å². The Morgan fingerprint density at radius 2 is 1.55 bits per heavy atom. The molecule has 6 nitrogen and oxygen atoms in total. The minimum atomic E-state index is -1.92. The Balaban J connectivity index is 1.81. The molecule has 0 aliphatic carbocycles. The summed E-state index contributed by atoms with van der Waals surface area (Å²) in [6.45, 7) is 5.70. The normalized spacial score (nSPS) is 12.5. The van der Waals surface area contributed by atoms with Crippen molar-refractivity contribution in [2.24, 2.45) is 0 Å². The molecule has 0 radical (unpaired) electrons. The van der Waals surface area contributed by atoms with Gasteiger partial charge in [-0.25, -0.2) is 4.79 Å². The highest BCUT2D eigenvalue weighted by Gasteiger charge is 2.42. The number of hydrogen-bond acceptors (Lipinski definition) is 4. The van der Waals surface area contributed by atoms with E-state index in [-0.39, 0.29) is 6.42 Å². The summed E-state index contributed by atoms with van der Waals surface area (Å²) < 4.78 is 11.9. The maximum absolute atomic E-state index is 12.7. The maximum atomic E-state index is 12.7. The van der Waals surface area contributed by atoms with Crippen molar-refractivity contribution < 1.29 is 24.2 Å². The molecule has 33 heavy (non-hydrogen) atoms. The number of ether oxygens (including phenoxy) is 2. The smallest absolute Gasteiger partial charge is 0.370 e. The number of carboxylic acids is 1. The quantitative estimate of drug-likeness (QED) is 0.404. The van der Waals surface area contributed by atoms with Gasteiger partial charge in [0, 0.05) is 17.0 Å². The van der Waals surface area contributed by atoms with Crippen LogP contribution >= 0.6 is 11.6 Å². The topological polar surface area (TPSA) is 84.9 Å². The molecule has 0 saturated carbocycles. The molecule has 1 unspecified atom stereocenters. The molecular formula is C26H26ClNO5. The van der Waals surface area contributed by atoms with Gasteiger partial charge in [-0.05, 0) is 66.9 Å². The Morgan fingerprint density at radius 1 is 0.939 bits per heavy atom. The highest BCUT2D eigenvalue weighted by atomic mass is 35.5. The Labute approximate surface area is 198 Å². The second-order valence-corrected chi connectivity index (χ2v) is 8.07. The Hall–Kier alpha value is -3.51. The van der Waals surface area contributed by atoms with Gasteiger partial charge >= 0.3 is 5.97 Å². The SMILES string of the molecule is CCC(NC(=O)c1ccccc1)(Oc1ccc(OCc2ccc(Cl)cc2)c(C)c1C)C(=O)O. The minimum absolute atomic E-state index is 0.0220. The zero-order valence-corrected chi connectivity index (χ0v) is 19.5. The number of amides is 1. The van der Waals surface area contributed by atoms with E-state index >= 15 is 0 Å². The van der Waals surface area contributed by atoms with Gasteiger partial charge in [-0.3, -0.25) is 4.79 Å². The van der Waals surface area contributed by atoms with Crippen molar-refractivity contribution in [2.75, 3.05) is 0 Å². The predicted molar refractivity (Wildman–Crippen MR) is 127 cm³/mol. The molecule has 172 valence electrons. The van der Waals surface area contributed by atoms with Crippen LogP contribution in [0.3, 0.4) is 0 Å². The van der Waals surface area contributed by atoms with E-state index in [4.69, 9.17) is 21.1 Å². The van der Waals surface area contributed by atoms with Crippen molar-refractivity contribution in [3.8, 4) is 11.5 Å². The van der Waals surface area contributed by atoms with Crippen LogP contribution in [0.25, 0.3) is 0 Å². The highest BCUT2D eigenvalue weighted by Crippen LogP contribution is 2.32. The summed E-state index contributed by atoms with van der Waals surface area (Å²) in [6.07, 6.45) is 0.0220. The van der Waals surface area contributed by atoms with E-state index in [1.165, 1.54) is 0 Å². The average Bonchev–Trinajstić information content (AvgIpc) is 2.82. The molecule has 0 saturated heterocycles. The van der Waals surface area contributed by atoms with Crippen LogP contribution < -0.4 is 14.8 Å². The number of aliphatic carboxylic acids is 1. The lowest BCUT2D eigenvalue weighted by atomic mass is 10.1. The van der Waals surface area contributed by atoms with Crippen molar-refractivity contribution >= 4 is 23.5 Å². The predicted octanol–water partition coefficient (Wildman–Crippen LogP) is 5.54. The molecule has 7 heteroatoms. The fraction of sp³-hybridized carbons (Fsp3) is 0.231. The number of carbonyl (C=O) groups is 2. The third-order valence-electron chi connectivity index (χ3n) is 5.47. The first kappa shape index (κ1) is 24.1. The first-order valence-corrected chi connectivity index (χ1v) is 10.9. The van der Waals surface area contributed by atoms with Crippen LogP contribution in [0.4, 0.5) is 0 Å². The molecule has 3 aromatic carbocycles. The number of hydrogen-bond donors (Lipinski definition) is 2. The zero-order valence-electron chi connectivity index (χ0n) is 18.7. The van der Waals surface area contributed by atoms with Crippen molar-refractivity contribution in [2.45, 2.75) is 39.5 Å².